The fourth-order valence-electron chi connectivity index (χ4n) is 2.30. The molecule has 1 unspecified atom stereocenters. The van der Waals surface area contributed by atoms with Gasteiger partial charge in [-0.2, -0.15) is 0 Å². The number of likely N-dealkylation sites (tertiary alicyclic amines) is 1. The standard InChI is InChI=1S/C14H25N3O4/c1-11(13(20)17-9-5-2-6-10-17)16-14(21)15-8-4-3-7-12(18)19/h11H,2-10H2,1H3,(H,18,19)(H2,15,16,21). The Hall–Kier alpha value is -1.79. The second kappa shape index (κ2) is 9.20. The zero-order chi connectivity index (χ0) is 15.7. The molecular formula is C14H25N3O4. The highest BCUT2D eigenvalue weighted by Gasteiger charge is 2.23. The summed E-state index contributed by atoms with van der Waals surface area (Å²) in [5.74, 6) is -0.879. The van der Waals surface area contributed by atoms with Crippen LogP contribution in [-0.2, 0) is 9.59 Å². The molecule has 1 rings (SSSR count). The van der Waals surface area contributed by atoms with Crippen molar-refractivity contribution in [3.8, 4) is 0 Å². The number of nitrogens with one attached hydrogen (secondary N) is 2. The van der Waals surface area contributed by atoms with E-state index in [-0.39, 0.29) is 18.4 Å². The Morgan fingerprint density at radius 1 is 1.14 bits per heavy atom. The molecule has 0 aromatic carbocycles. The van der Waals surface area contributed by atoms with Gasteiger partial charge in [0.05, 0.1) is 0 Å². The number of carbonyl (C=O) groups excluding carboxylic acids is 2. The predicted octanol–water partition coefficient (Wildman–Crippen LogP) is 0.941. The summed E-state index contributed by atoms with van der Waals surface area (Å²) in [4.78, 5) is 35.8. The number of unbranched alkanes of at least 4 members (excludes halogenated alkanes) is 1. The van der Waals surface area contributed by atoms with Gasteiger partial charge in [0, 0.05) is 26.1 Å². The van der Waals surface area contributed by atoms with Crippen molar-refractivity contribution in [1.82, 2.24) is 15.5 Å². The monoisotopic (exact) mass is 299 g/mol. The third kappa shape index (κ3) is 6.97. The van der Waals surface area contributed by atoms with E-state index in [0.29, 0.717) is 19.4 Å². The summed E-state index contributed by atoms with van der Waals surface area (Å²) in [7, 11) is 0. The first-order chi connectivity index (χ1) is 10.0. The van der Waals surface area contributed by atoms with Crippen molar-refractivity contribution in [2.24, 2.45) is 0 Å². The Morgan fingerprint density at radius 3 is 2.43 bits per heavy atom. The predicted molar refractivity (Wildman–Crippen MR) is 77.9 cm³/mol. The largest absolute Gasteiger partial charge is 0.481 e. The van der Waals surface area contributed by atoms with Crippen molar-refractivity contribution in [2.75, 3.05) is 19.6 Å². The second-order valence-electron chi connectivity index (χ2n) is 5.36. The minimum atomic E-state index is -0.833. The normalized spacial score (nSPS) is 16.1. The van der Waals surface area contributed by atoms with Gasteiger partial charge >= 0.3 is 12.0 Å². The lowest BCUT2D eigenvalue weighted by Crippen LogP contribution is -2.51. The highest BCUT2D eigenvalue weighted by Crippen LogP contribution is 2.09. The van der Waals surface area contributed by atoms with Crippen LogP contribution in [0.1, 0.15) is 45.4 Å². The summed E-state index contributed by atoms with van der Waals surface area (Å²) in [6, 6.07) is -0.926. The van der Waals surface area contributed by atoms with Crippen LogP contribution in [0, 0.1) is 0 Å². The number of rotatable bonds is 7. The number of amides is 3. The number of hydrogen-bond donors (Lipinski definition) is 3. The molecule has 7 nitrogen and oxygen atoms in total. The molecule has 3 amide bonds. The SMILES string of the molecule is CC(NC(=O)NCCCCC(=O)O)C(=O)N1CCCCC1. The minimum absolute atomic E-state index is 0.0456. The molecule has 21 heavy (non-hydrogen) atoms. The van der Waals surface area contributed by atoms with Crippen molar-refractivity contribution in [2.45, 2.75) is 51.5 Å². The lowest BCUT2D eigenvalue weighted by atomic mass is 10.1. The number of aliphatic carboxylic acids is 1. The summed E-state index contributed by atoms with van der Waals surface area (Å²) in [5.41, 5.74) is 0. The molecule has 7 heteroatoms. The van der Waals surface area contributed by atoms with Crippen LogP contribution in [-0.4, -0.2) is 53.6 Å². The average Bonchev–Trinajstić information content (AvgIpc) is 2.46. The first-order valence-electron chi connectivity index (χ1n) is 7.55. The van der Waals surface area contributed by atoms with E-state index < -0.39 is 12.0 Å². The van der Waals surface area contributed by atoms with Crippen molar-refractivity contribution in [3.63, 3.8) is 0 Å². The van der Waals surface area contributed by atoms with Crippen LogP contribution >= 0.6 is 0 Å². The molecule has 0 aromatic rings. The molecule has 1 saturated heterocycles. The molecule has 0 bridgehead atoms. The fraction of sp³-hybridized carbons (Fsp3) is 0.786. The van der Waals surface area contributed by atoms with Gasteiger partial charge in [-0.25, -0.2) is 4.79 Å². The Bertz CT molecular complexity index is 367. The van der Waals surface area contributed by atoms with Gasteiger partial charge in [0.15, 0.2) is 0 Å². The summed E-state index contributed by atoms with van der Waals surface area (Å²) in [6.07, 6.45) is 4.43. The van der Waals surface area contributed by atoms with Gasteiger partial charge in [-0.05, 0) is 39.0 Å². The first kappa shape index (κ1) is 17.3. The van der Waals surface area contributed by atoms with E-state index in [9.17, 15) is 14.4 Å². The zero-order valence-electron chi connectivity index (χ0n) is 12.6. The zero-order valence-corrected chi connectivity index (χ0v) is 12.6. The number of piperidine rings is 1. The van der Waals surface area contributed by atoms with E-state index >= 15 is 0 Å². The van der Waals surface area contributed by atoms with E-state index in [4.69, 9.17) is 5.11 Å². The fourth-order valence-corrected chi connectivity index (χ4v) is 2.30. The van der Waals surface area contributed by atoms with E-state index in [0.717, 1.165) is 32.4 Å². The lowest BCUT2D eigenvalue weighted by molar-refractivity contribution is -0.137. The van der Waals surface area contributed by atoms with Crippen LogP contribution in [0.25, 0.3) is 0 Å². The Morgan fingerprint density at radius 2 is 1.81 bits per heavy atom. The molecule has 120 valence electrons. The molecule has 0 aromatic heterocycles. The topological polar surface area (TPSA) is 98.7 Å². The van der Waals surface area contributed by atoms with Gasteiger partial charge in [-0.3, -0.25) is 9.59 Å². The van der Waals surface area contributed by atoms with Crippen molar-refractivity contribution < 1.29 is 19.5 Å². The van der Waals surface area contributed by atoms with Gasteiger partial charge in [0.25, 0.3) is 0 Å². The summed E-state index contributed by atoms with van der Waals surface area (Å²) in [5, 5.41) is 13.7. The van der Waals surface area contributed by atoms with Crippen molar-refractivity contribution >= 4 is 17.9 Å². The maximum atomic E-state index is 12.1. The van der Waals surface area contributed by atoms with E-state index in [1.807, 2.05) is 0 Å². The number of carbonyl (C=O) groups is 3. The molecule has 1 heterocycles. The Labute approximate surface area is 125 Å². The molecule has 0 aliphatic carbocycles. The number of carboxylic acids is 1. The summed E-state index contributed by atoms with van der Waals surface area (Å²) < 4.78 is 0. The van der Waals surface area contributed by atoms with Crippen LogP contribution in [0.3, 0.4) is 0 Å². The van der Waals surface area contributed by atoms with Crippen LogP contribution in [0.4, 0.5) is 4.79 Å². The molecule has 0 saturated carbocycles. The number of hydrogen-bond acceptors (Lipinski definition) is 3. The molecule has 0 radical (unpaired) electrons. The minimum Gasteiger partial charge on any atom is -0.481 e. The molecular weight excluding hydrogens is 274 g/mol. The molecule has 0 spiro atoms. The Kier molecular flexibility index (Phi) is 7.56. The van der Waals surface area contributed by atoms with Crippen LogP contribution in [0.2, 0.25) is 0 Å². The number of nitrogens with zero attached hydrogens (tertiary/aromatic N) is 1. The smallest absolute Gasteiger partial charge is 0.315 e. The van der Waals surface area contributed by atoms with Crippen LogP contribution < -0.4 is 10.6 Å². The molecule has 3 N–H and O–H groups in total. The van der Waals surface area contributed by atoms with Crippen molar-refractivity contribution in [3.05, 3.63) is 0 Å². The highest BCUT2D eigenvalue weighted by atomic mass is 16.4. The van der Waals surface area contributed by atoms with Gasteiger partial charge in [-0.1, -0.05) is 0 Å². The third-order valence-corrected chi connectivity index (χ3v) is 3.49. The maximum absolute atomic E-state index is 12.1. The van der Waals surface area contributed by atoms with E-state index in [2.05, 4.69) is 10.6 Å². The van der Waals surface area contributed by atoms with Gasteiger partial charge in [0.2, 0.25) is 5.91 Å². The van der Waals surface area contributed by atoms with Crippen LogP contribution in [0.5, 0.6) is 0 Å². The molecule has 1 aliphatic rings. The quantitative estimate of drug-likeness (QED) is 0.609. The number of urea groups is 1. The van der Waals surface area contributed by atoms with E-state index in [1.54, 1.807) is 11.8 Å². The first-order valence-corrected chi connectivity index (χ1v) is 7.55. The van der Waals surface area contributed by atoms with Crippen molar-refractivity contribution in [1.29, 1.82) is 0 Å². The number of carboxylic acid groups (broad SMARTS) is 1. The van der Waals surface area contributed by atoms with Crippen LogP contribution in [0.15, 0.2) is 0 Å². The summed E-state index contributed by atoms with van der Waals surface area (Å²) in [6.45, 7) is 3.62. The lowest BCUT2D eigenvalue weighted by Gasteiger charge is -2.29. The second-order valence-corrected chi connectivity index (χ2v) is 5.36. The molecule has 1 aliphatic heterocycles. The van der Waals surface area contributed by atoms with Gasteiger partial charge < -0.3 is 20.6 Å². The molecule has 1 fully saturated rings. The van der Waals surface area contributed by atoms with E-state index in [1.165, 1.54) is 0 Å². The van der Waals surface area contributed by atoms with Gasteiger partial charge in [-0.15, -0.1) is 0 Å². The highest BCUT2D eigenvalue weighted by molar-refractivity contribution is 5.86. The third-order valence-electron chi connectivity index (χ3n) is 3.49. The van der Waals surface area contributed by atoms with Gasteiger partial charge in [0.1, 0.15) is 6.04 Å². The maximum Gasteiger partial charge on any atom is 0.315 e. The average molecular weight is 299 g/mol. The molecule has 1 atom stereocenters. The Balaban J connectivity index is 2.17. The summed E-state index contributed by atoms with van der Waals surface area (Å²) >= 11 is 0.